The van der Waals surface area contributed by atoms with Gasteiger partial charge in [-0.2, -0.15) is 0 Å². The van der Waals surface area contributed by atoms with Gasteiger partial charge in [0.2, 0.25) is 0 Å². The fourth-order valence-corrected chi connectivity index (χ4v) is 2.99. The van der Waals surface area contributed by atoms with Gasteiger partial charge < -0.3 is 10.5 Å². The van der Waals surface area contributed by atoms with Crippen LogP contribution in [0.2, 0.25) is 0 Å². The highest BCUT2D eigenvalue weighted by atomic mass is 16.5. The summed E-state index contributed by atoms with van der Waals surface area (Å²) in [6, 6.07) is 0. The average molecular weight is 269 g/mol. The van der Waals surface area contributed by atoms with Crippen LogP contribution in [0.1, 0.15) is 71.6 Å². The predicted octanol–water partition coefficient (Wildman–Crippen LogP) is 3.65. The standard InChI is InChI=1S/C16H31NO2/c1-3-4-14(11-12-17)7-10-16(18)19-15-8-5-13(2)6-9-15/h13-15H,3-12,17H2,1-2H3. The molecule has 1 rings (SSSR count). The van der Waals surface area contributed by atoms with Crippen molar-refractivity contribution < 1.29 is 9.53 Å². The monoisotopic (exact) mass is 269 g/mol. The molecule has 112 valence electrons. The van der Waals surface area contributed by atoms with Gasteiger partial charge in [0.1, 0.15) is 6.10 Å². The molecule has 0 aromatic rings. The first-order valence-electron chi connectivity index (χ1n) is 8.05. The van der Waals surface area contributed by atoms with E-state index >= 15 is 0 Å². The topological polar surface area (TPSA) is 52.3 Å². The molecule has 1 saturated carbocycles. The highest BCUT2D eigenvalue weighted by Crippen LogP contribution is 2.26. The van der Waals surface area contributed by atoms with Crippen molar-refractivity contribution in [3.8, 4) is 0 Å². The molecule has 19 heavy (non-hydrogen) atoms. The molecular weight excluding hydrogens is 238 g/mol. The molecule has 3 nitrogen and oxygen atoms in total. The highest BCUT2D eigenvalue weighted by molar-refractivity contribution is 5.69. The normalized spacial score (nSPS) is 25.0. The average Bonchev–Trinajstić information content (AvgIpc) is 2.39. The molecule has 0 radical (unpaired) electrons. The number of hydrogen-bond donors (Lipinski definition) is 1. The van der Waals surface area contributed by atoms with Crippen molar-refractivity contribution in [2.24, 2.45) is 17.6 Å². The molecule has 0 saturated heterocycles. The minimum Gasteiger partial charge on any atom is -0.462 e. The third-order valence-electron chi connectivity index (χ3n) is 4.29. The minimum absolute atomic E-state index is 0.00215. The number of esters is 1. The third-order valence-corrected chi connectivity index (χ3v) is 4.29. The molecule has 0 amide bonds. The highest BCUT2D eigenvalue weighted by Gasteiger charge is 2.21. The second-order valence-corrected chi connectivity index (χ2v) is 6.14. The molecule has 3 heteroatoms. The molecule has 1 aliphatic rings. The van der Waals surface area contributed by atoms with E-state index in [1.54, 1.807) is 0 Å². The first kappa shape index (κ1) is 16.5. The zero-order valence-electron chi connectivity index (χ0n) is 12.7. The summed E-state index contributed by atoms with van der Waals surface area (Å²) in [4.78, 5) is 11.9. The Balaban J connectivity index is 2.19. The zero-order valence-corrected chi connectivity index (χ0v) is 12.7. The number of ether oxygens (including phenoxy) is 1. The summed E-state index contributed by atoms with van der Waals surface area (Å²) in [7, 11) is 0. The Hall–Kier alpha value is -0.570. The molecule has 0 bridgehead atoms. The van der Waals surface area contributed by atoms with E-state index in [9.17, 15) is 4.79 Å². The van der Waals surface area contributed by atoms with Gasteiger partial charge in [0.15, 0.2) is 0 Å². The summed E-state index contributed by atoms with van der Waals surface area (Å²) in [5, 5.41) is 0. The van der Waals surface area contributed by atoms with Crippen LogP contribution in [-0.2, 0) is 9.53 Å². The molecule has 1 aliphatic carbocycles. The third kappa shape index (κ3) is 6.95. The molecule has 0 heterocycles. The van der Waals surface area contributed by atoms with Gasteiger partial charge in [-0.05, 0) is 56.9 Å². The SMILES string of the molecule is CCCC(CCN)CCC(=O)OC1CCC(C)CC1. The number of hydrogen-bond acceptors (Lipinski definition) is 3. The smallest absolute Gasteiger partial charge is 0.306 e. The molecule has 1 unspecified atom stereocenters. The van der Waals surface area contributed by atoms with Crippen molar-refractivity contribution in [3.63, 3.8) is 0 Å². The summed E-state index contributed by atoms with van der Waals surface area (Å²) in [6.07, 6.45) is 9.55. The maximum atomic E-state index is 11.9. The van der Waals surface area contributed by atoms with Gasteiger partial charge in [-0.25, -0.2) is 0 Å². The lowest BCUT2D eigenvalue weighted by Crippen LogP contribution is -2.24. The fourth-order valence-electron chi connectivity index (χ4n) is 2.99. The quantitative estimate of drug-likeness (QED) is 0.684. The molecule has 2 N–H and O–H groups in total. The van der Waals surface area contributed by atoms with Crippen LogP contribution in [-0.4, -0.2) is 18.6 Å². The maximum absolute atomic E-state index is 11.9. The Labute approximate surface area is 118 Å². The van der Waals surface area contributed by atoms with Crippen molar-refractivity contribution >= 4 is 5.97 Å². The Kier molecular flexibility index (Phi) is 8.11. The van der Waals surface area contributed by atoms with E-state index in [0.717, 1.165) is 38.1 Å². The van der Waals surface area contributed by atoms with Crippen LogP contribution < -0.4 is 5.73 Å². The van der Waals surface area contributed by atoms with Gasteiger partial charge >= 0.3 is 5.97 Å². The van der Waals surface area contributed by atoms with E-state index in [-0.39, 0.29) is 12.1 Å². The summed E-state index contributed by atoms with van der Waals surface area (Å²) < 4.78 is 5.58. The van der Waals surface area contributed by atoms with E-state index in [0.29, 0.717) is 12.3 Å². The molecular formula is C16H31NO2. The second-order valence-electron chi connectivity index (χ2n) is 6.14. The second kappa shape index (κ2) is 9.35. The van der Waals surface area contributed by atoms with E-state index in [4.69, 9.17) is 10.5 Å². The van der Waals surface area contributed by atoms with Crippen molar-refractivity contribution in [1.29, 1.82) is 0 Å². The predicted molar refractivity (Wildman–Crippen MR) is 78.8 cm³/mol. The van der Waals surface area contributed by atoms with E-state index in [1.165, 1.54) is 25.7 Å². The van der Waals surface area contributed by atoms with E-state index < -0.39 is 0 Å². The van der Waals surface area contributed by atoms with Gasteiger partial charge in [-0.15, -0.1) is 0 Å². The van der Waals surface area contributed by atoms with Crippen LogP contribution in [0.5, 0.6) is 0 Å². The van der Waals surface area contributed by atoms with Crippen LogP contribution in [0.15, 0.2) is 0 Å². The Morgan fingerprint density at radius 3 is 2.47 bits per heavy atom. The Morgan fingerprint density at radius 1 is 1.21 bits per heavy atom. The van der Waals surface area contributed by atoms with Gasteiger partial charge in [0.25, 0.3) is 0 Å². The van der Waals surface area contributed by atoms with Crippen LogP contribution in [0.3, 0.4) is 0 Å². The van der Waals surface area contributed by atoms with Crippen LogP contribution in [0.25, 0.3) is 0 Å². The fraction of sp³-hybridized carbons (Fsp3) is 0.938. The summed E-state index contributed by atoms with van der Waals surface area (Å²) >= 11 is 0. The summed E-state index contributed by atoms with van der Waals surface area (Å²) in [5.41, 5.74) is 5.61. The molecule has 0 spiro atoms. The van der Waals surface area contributed by atoms with Crippen LogP contribution in [0.4, 0.5) is 0 Å². The first-order valence-corrected chi connectivity index (χ1v) is 8.05. The lowest BCUT2D eigenvalue weighted by Gasteiger charge is -2.26. The van der Waals surface area contributed by atoms with Gasteiger partial charge in [-0.3, -0.25) is 4.79 Å². The number of carbonyl (C=O) groups excluding carboxylic acids is 1. The zero-order chi connectivity index (χ0) is 14.1. The molecule has 0 aromatic heterocycles. The lowest BCUT2D eigenvalue weighted by molar-refractivity contribution is -0.151. The van der Waals surface area contributed by atoms with Gasteiger partial charge in [0, 0.05) is 6.42 Å². The van der Waals surface area contributed by atoms with Gasteiger partial charge in [-0.1, -0.05) is 26.7 Å². The summed E-state index contributed by atoms with van der Waals surface area (Å²) in [6.45, 7) is 5.19. The van der Waals surface area contributed by atoms with Crippen molar-refractivity contribution in [1.82, 2.24) is 0 Å². The lowest BCUT2D eigenvalue weighted by atomic mass is 9.89. The largest absolute Gasteiger partial charge is 0.462 e. The maximum Gasteiger partial charge on any atom is 0.306 e. The molecule has 1 fully saturated rings. The molecule has 0 aliphatic heterocycles. The van der Waals surface area contributed by atoms with Gasteiger partial charge in [0.05, 0.1) is 0 Å². The minimum atomic E-state index is -0.00215. The van der Waals surface area contributed by atoms with Crippen molar-refractivity contribution in [2.75, 3.05) is 6.54 Å². The number of nitrogens with two attached hydrogens (primary N) is 1. The summed E-state index contributed by atoms with van der Waals surface area (Å²) in [5.74, 6) is 1.39. The number of carbonyl (C=O) groups is 1. The molecule has 1 atom stereocenters. The van der Waals surface area contributed by atoms with Crippen molar-refractivity contribution in [2.45, 2.75) is 77.7 Å². The van der Waals surface area contributed by atoms with E-state index in [1.807, 2.05) is 0 Å². The Morgan fingerprint density at radius 2 is 1.89 bits per heavy atom. The van der Waals surface area contributed by atoms with Crippen LogP contribution in [0, 0.1) is 11.8 Å². The van der Waals surface area contributed by atoms with Crippen LogP contribution >= 0.6 is 0 Å². The Bertz CT molecular complexity index is 241. The van der Waals surface area contributed by atoms with E-state index in [2.05, 4.69) is 13.8 Å². The van der Waals surface area contributed by atoms with Crippen molar-refractivity contribution in [3.05, 3.63) is 0 Å². The first-order chi connectivity index (χ1) is 9.15. The number of rotatable bonds is 8. The molecule has 0 aromatic carbocycles.